The second kappa shape index (κ2) is 3.92. The molecule has 2 aromatic heterocycles. The van der Waals surface area contributed by atoms with Crippen LogP contribution in [-0.4, -0.2) is 14.8 Å². The zero-order chi connectivity index (χ0) is 11.7. The minimum Gasteiger partial charge on any atom is -0.384 e. The predicted octanol–water partition coefficient (Wildman–Crippen LogP) is 1.92. The van der Waals surface area contributed by atoms with Gasteiger partial charge in [-0.2, -0.15) is 5.10 Å². The summed E-state index contributed by atoms with van der Waals surface area (Å²) in [6, 6.07) is 3.09. The maximum Gasteiger partial charge on any atom is 0.141 e. The van der Waals surface area contributed by atoms with E-state index in [-0.39, 0.29) is 11.9 Å². The quantitative estimate of drug-likeness (QED) is 0.841. The van der Waals surface area contributed by atoms with Crippen LogP contribution >= 0.6 is 0 Å². The van der Waals surface area contributed by atoms with E-state index < -0.39 is 0 Å². The Hall–Kier alpha value is -1.91. The number of nitrogens with zero attached hydrogens (tertiary/aromatic N) is 3. The molecule has 2 aromatic rings. The molecule has 0 aliphatic rings. The van der Waals surface area contributed by atoms with Gasteiger partial charge in [0.25, 0.3) is 0 Å². The standard InChI is InChI=1S/C11H13FN4/c1-7-3-11(13)16(15-7)8(2)9-4-10(12)6-14-5-9/h3-6,8H,13H2,1-2H3. The van der Waals surface area contributed by atoms with Crippen molar-refractivity contribution in [1.29, 1.82) is 0 Å². The van der Waals surface area contributed by atoms with Gasteiger partial charge in [-0.25, -0.2) is 9.07 Å². The first-order valence-corrected chi connectivity index (χ1v) is 5.00. The van der Waals surface area contributed by atoms with Crippen LogP contribution in [0.1, 0.15) is 24.2 Å². The third-order valence-corrected chi connectivity index (χ3v) is 2.46. The van der Waals surface area contributed by atoms with Crippen molar-refractivity contribution in [3.63, 3.8) is 0 Å². The number of halogens is 1. The van der Waals surface area contributed by atoms with Crippen molar-refractivity contribution in [3.8, 4) is 0 Å². The maximum absolute atomic E-state index is 13.0. The number of pyridine rings is 1. The van der Waals surface area contributed by atoms with Gasteiger partial charge in [0.05, 0.1) is 17.9 Å². The fraction of sp³-hybridized carbons (Fsp3) is 0.273. The molecule has 0 aliphatic carbocycles. The summed E-state index contributed by atoms with van der Waals surface area (Å²) in [4.78, 5) is 3.81. The van der Waals surface area contributed by atoms with Crippen molar-refractivity contribution in [1.82, 2.24) is 14.8 Å². The summed E-state index contributed by atoms with van der Waals surface area (Å²) in [7, 11) is 0. The van der Waals surface area contributed by atoms with E-state index in [9.17, 15) is 4.39 Å². The molecule has 16 heavy (non-hydrogen) atoms. The lowest BCUT2D eigenvalue weighted by molar-refractivity contribution is 0.556. The smallest absolute Gasteiger partial charge is 0.141 e. The van der Waals surface area contributed by atoms with Crippen LogP contribution in [-0.2, 0) is 0 Å². The average molecular weight is 220 g/mol. The molecule has 0 radical (unpaired) electrons. The number of rotatable bonds is 2. The van der Waals surface area contributed by atoms with Crippen molar-refractivity contribution in [2.24, 2.45) is 0 Å². The van der Waals surface area contributed by atoms with Crippen LogP contribution in [0.2, 0.25) is 0 Å². The number of hydrogen-bond acceptors (Lipinski definition) is 3. The number of aromatic nitrogens is 3. The Labute approximate surface area is 92.9 Å². The molecule has 2 heterocycles. The van der Waals surface area contributed by atoms with Gasteiger partial charge in [0.1, 0.15) is 11.6 Å². The third-order valence-electron chi connectivity index (χ3n) is 2.46. The van der Waals surface area contributed by atoms with Crippen LogP contribution in [0, 0.1) is 12.7 Å². The highest BCUT2D eigenvalue weighted by Crippen LogP contribution is 2.20. The molecule has 0 spiro atoms. The average Bonchev–Trinajstić information content (AvgIpc) is 2.57. The first-order valence-electron chi connectivity index (χ1n) is 5.00. The Bertz CT molecular complexity index is 506. The summed E-state index contributed by atoms with van der Waals surface area (Å²) in [5.41, 5.74) is 7.39. The Kier molecular flexibility index (Phi) is 2.60. The second-order valence-electron chi connectivity index (χ2n) is 3.77. The Balaban J connectivity index is 2.38. The summed E-state index contributed by atoms with van der Waals surface area (Å²) in [6.45, 7) is 3.77. The first kappa shape index (κ1) is 10.6. The predicted molar refractivity (Wildman–Crippen MR) is 59.4 cm³/mol. The van der Waals surface area contributed by atoms with E-state index in [1.807, 2.05) is 13.8 Å². The molecule has 2 rings (SSSR count). The molecule has 5 heteroatoms. The van der Waals surface area contributed by atoms with Crippen molar-refractivity contribution < 1.29 is 4.39 Å². The Morgan fingerprint density at radius 3 is 2.69 bits per heavy atom. The van der Waals surface area contributed by atoms with Crippen molar-refractivity contribution in [3.05, 3.63) is 41.6 Å². The second-order valence-corrected chi connectivity index (χ2v) is 3.77. The van der Waals surface area contributed by atoms with E-state index in [4.69, 9.17) is 5.73 Å². The van der Waals surface area contributed by atoms with Gasteiger partial charge in [-0.3, -0.25) is 4.98 Å². The topological polar surface area (TPSA) is 56.7 Å². The fourth-order valence-electron chi connectivity index (χ4n) is 1.64. The minimum absolute atomic E-state index is 0.128. The van der Waals surface area contributed by atoms with E-state index in [2.05, 4.69) is 10.1 Å². The third kappa shape index (κ3) is 1.88. The van der Waals surface area contributed by atoms with Crippen LogP contribution in [0.3, 0.4) is 0 Å². The molecule has 1 unspecified atom stereocenters. The maximum atomic E-state index is 13.0. The number of nitrogen functional groups attached to an aromatic ring is 1. The van der Waals surface area contributed by atoms with Crippen LogP contribution in [0.4, 0.5) is 10.2 Å². The van der Waals surface area contributed by atoms with E-state index >= 15 is 0 Å². The van der Waals surface area contributed by atoms with Gasteiger partial charge in [0.2, 0.25) is 0 Å². The Morgan fingerprint density at radius 1 is 1.38 bits per heavy atom. The van der Waals surface area contributed by atoms with E-state index in [0.717, 1.165) is 11.3 Å². The molecule has 0 aromatic carbocycles. The lowest BCUT2D eigenvalue weighted by Crippen LogP contribution is -2.12. The van der Waals surface area contributed by atoms with E-state index in [0.29, 0.717) is 5.82 Å². The van der Waals surface area contributed by atoms with Crippen LogP contribution in [0.5, 0.6) is 0 Å². The zero-order valence-electron chi connectivity index (χ0n) is 9.18. The van der Waals surface area contributed by atoms with Crippen molar-refractivity contribution in [2.45, 2.75) is 19.9 Å². The minimum atomic E-state index is -0.355. The fourth-order valence-corrected chi connectivity index (χ4v) is 1.64. The van der Waals surface area contributed by atoms with Gasteiger partial charge in [0, 0.05) is 12.3 Å². The van der Waals surface area contributed by atoms with Gasteiger partial charge < -0.3 is 5.73 Å². The summed E-state index contributed by atoms with van der Waals surface area (Å²) in [5, 5.41) is 4.26. The summed E-state index contributed by atoms with van der Waals surface area (Å²) >= 11 is 0. The van der Waals surface area contributed by atoms with Crippen LogP contribution in [0.15, 0.2) is 24.5 Å². The first-order chi connectivity index (χ1) is 7.58. The molecule has 0 saturated carbocycles. The number of anilines is 1. The highest BCUT2D eigenvalue weighted by molar-refractivity contribution is 5.32. The van der Waals surface area contributed by atoms with Gasteiger partial charge in [-0.15, -0.1) is 0 Å². The molecule has 0 bridgehead atoms. The normalized spacial score (nSPS) is 12.7. The Morgan fingerprint density at radius 2 is 2.12 bits per heavy atom. The molecule has 0 aliphatic heterocycles. The van der Waals surface area contributed by atoms with Gasteiger partial charge in [-0.05, 0) is 25.5 Å². The lowest BCUT2D eigenvalue weighted by atomic mass is 10.1. The van der Waals surface area contributed by atoms with Gasteiger partial charge in [-0.1, -0.05) is 0 Å². The number of aryl methyl sites for hydroxylation is 1. The molecular formula is C11H13FN4. The molecule has 1 atom stereocenters. The summed E-state index contributed by atoms with van der Waals surface area (Å²) < 4.78 is 14.7. The van der Waals surface area contributed by atoms with Crippen molar-refractivity contribution >= 4 is 5.82 Å². The molecule has 0 saturated heterocycles. The summed E-state index contributed by atoms with van der Waals surface area (Å²) in [5.74, 6) is 0.209. The SMILES string of the molecule is Cc1cc(N)n(C(C)c2cncc(F)c2)n1. The molecule has 4 nitrogen and oxygen atoms in total. The van der Waals surface area contributed by atoms with Crippen LogP contribution < -0.4 is 5.73 Å². The highest BCUT2D eigenvalue weighted by atomic mass is 19.1. The lowest BCUT2D eigenvalue weighted by Gasteiger charge is -2.13. The largest absolute Gasteiger partial charge is 0.384 e. The number of hydrogen-bond donors (Lipinski definition) is 1. The monoisotopic (exact) mass is 220 g/mol. The van der Waals surface area contributed by atoms with E-state index in [1.165, 1.54) is 12.3 Å². The highest BCUT2D eigenvalue weighted by Gasteiger charge is 2.13. The molecule has 2 N–H and O–H groups in total. The van der Waals surface area contributed by atoms with E-state index in [1.54, 1.807) is 16.9 Å². The van der Waals surface area contributed by atoms with Gasteiger partial charge in [0.15, 0.2) is 0 Å². The van der Waals surface area contributed by atoms with Crippen molar-refractivity contribution in [2.75, 3.05) is 5.73 Å². The molecule has 0 amide bonds. The van der Waals surface area contributed by atoms with Crippen LogP contribution in [0.25, 0.3) is 0 Å². The summed E-state index contributed by atoms with van der Waals surface area (Å²) in [6.07, 6.45) is 2.79. The number of nitrogens with two attached hydrogens (primary N) is 1. The zero-order valence-corrected chi connectivity index (χ0v) is 9.18. The molecular weight excluding hydrogens is 207 g/mol. The van der Waals surface area contributed by atoms with Gasteiger partial charge >= 0.3 is 0 Å². The molecule has 84 valence electrons. The molecule has 0 fully saturated rings.